The molecule has 0 bridgehead atoms. The quantitative estimate of drug-likeness (QED) is 0.0705. The van der Waals surface area contributed by atoms with Crippen molar-refractivity contribution >= 4 is 69.0 Å². The predicted octanol–water partition coefficient (Wildman–Crippen LogP) is 3.38. The molecule has 1 aliphatic rings. The molecule has 294 valence electrons. The summed E-state index contributed by atoms with van der Waals surface area (Å²) < 4.78 is 14.5. The van der Waals surface area contributed by atoms with Crippen molar-refractivity contribution in [2.75, 3.05) is 50.2 Å². The van der Waals surface area contributed by atoms with E-state index in [1.807, 2.05) is 16.1 Å². The maximum absolute atomic E-state index is 13.6. The lowest BCUT2D eigenvalue weighted by molar-refractivity contribution is -0.123. The minimum absolute atomic E-state index is 0.123. The van der Waals surface area contributed by atoms with E-state index in [9.17, 15) is 24.0 Å². The highest BCUT2D eigenvalue weighted by atomic mass is 32.2. The first kappa shape index (κ1) is 39.8. The van der Waals surface area contributed by atoms with Crippen LogP contribution in [0.2, 0.25) is 0 Å². The number of carbonyl (C=O) groups is 5. The molecule has 0 saturated heterocycles. The summed E-state index contributed by atoms with van der Waals surface area (Å²) in [7, 11) is 2.87. The fraction of sp³-hybridized carbons (Fsp3) is 0.324. The molecule has 17 nitrogen and oxygen atoms in total. The number of hydrogen-bond donors (Lipinski definition) is 6. The van der Waals surface area contributed by atoms with Crippen LogP contribution in [0.4, 0.5) is 11.4 Å². The summed E-state index contributed by atoms with van der Waals surface area (Å²) in [6.07, 6.45) is 6.89. The number of amides is 5. The Morgan fingerprint density at radius 1 is 0.821 bits per heavy atom. The first-order valence-corrected chi connectivity index (χ1v) is 19.7. The van der Waals surface area contributed by atoms with E-state index >= 15 is 0 Å². The predicted molar refractivity (Wildman–Crippen MR) is 212 cm³/mol. The second-order valence-corrected chi connectivity index (χ2v) is 14.6. The highest BCUT2D eigenvalue weighted by Crippen LogP contribution is 2.27. The van der Waals surface area contributed by atoms with Crippen LogP contribution < -0.4 is 41.8 Å². The third-order valence-corrected chi connectivity index (χ3v) is 10.5. The monoisotopic (exact) mass is 802 g/mol. The zero-order chi connectivity index (χ0) is 39.6. The van der Waals surface area contributed by atoms with Crippen molar-refractivity contribution in [2.24, 2.45) is 5.73 Å². The Morgan fingerprint density at radius 3 is 2.12 bits per heavy atom. The molecule has 0 radical (unpaired) electrons. The Bertz CT molecular complexity index is 2180. The first-order valence-electron chi connectivity index (χ1n) is 17.8. The summed E-state index contributed by atoms with van der Waals surface area (Å²) in [4.78, 5) is 75.3. The molecule has 0 aliphatic carbocycles. The standard InChI is InChI=1S/C37H42N10O7S2/c1-53-29-9-7-22(41-34(51)27-20-46-14-16-55-36(46)44-27)18-24(29)31(48)39-12-4-3-6-26(33(50)40-13-5-11-38)43-32(49)25-19-23(8-10-30(25)54-2)42-35(52)28-21-47-15-17-56-37(47)45-28/h7-10,14,16,18-21,26H,3-6,11-13,15,17,38H2,1-2H3,(H,39,48)(H,40,50)(H,41,51)(H,42,52)(H,43,49)/t26-/m0/s1. The van der Waals surface area contributed by atoms with E-state index in [1.165, 1.54) is 37.7 Å². The number of nitrogens with one attached hydrogen (secondary N) is 5. The Labute approximate surface area is 330 Å². The number of aromatic nitrogens is 4. The second-order valence-electron chi connectivity index (χ2n) is 12.6. The van der Waals surface area contributed by atoms with Crippen molar-refractivity contribution < 1.29 is 33.4 Å². The van der Waals surface area contributed by atoms with Crippen LogP contribution in [0.1, 0.15) is 67.4 Å². The summed E-state index contributed by atoms with van der Waals surface area (Å²) >= 11 is 2.98. The Hall–Kier alpha value is -5.92. The molecule has 1 aliphatic heterocycles. The number of ether oxygens (including phenoxy) is 2. The molecule has 1 atom stereocenters. The molecule has 6 rings (SSSR count). The topological polar surface area (TPSA) is 225 Å². The van der Waals surface area contributed by atoms with Gasteiger partial charge in [0.05, 0.1) is 25.3 Å². The lowest BCUT2D eigenvalue weighted by atomic mass is 10.1. The molecule has 0 saturated carbocycles. The highest BCUT2D eigenvalue weighted by molar-refractivity contribution is 7.99. The van der Waals surface area contributed by atoms with E-state index in [4.69, 9.17) is 15.2 Å². The van der Waals surface area contributed by atoms with Gasteiger partial charge in [-0.25, -0.2) is 9.97 Å². The van der Waals surface area contributed by atoms with Crippen molar-refractivity contribution in [1.29, 1.82) is 0 Å². The Kier molecular flexibility index (Phi) is 13.2. The SMILES string of the molecule is COc1ccc(NC(=O)c2cn3ccsc3n2)cc1C(=O)NCCCC[C@H](NC(=O)c1cc(NC(=O)c2cn3c(n2)SCC3)ccc1OC)C(=O)NCCCN. The van der Waals surface area contributed by atoms with E-state index in [-0.39, 0.29) is 47.1 Å². The maximum atomic E-state index is 13.6. The molecule has 3 aromatic heterocycles. The molecule has 19 heteroatoms. The number of nitrogens with zero attached hydrogens (tertiary/aromatic N) is 4. The fourth-order valence-electron chi connectivity index (χ4n) is 5.88. The van der Waals surface area contributed by atoms with Gasteiger partial charge in [-0.05, 0) is 68.6 Å². The van der Waals surface area contributed by atoms with Crippen LogP contribution in [0, 0.1) is 0 Å². The second kappa shape index (κ2) is 18.6. The van der Waals surface area contributed by atoms with Crippen molar-refractivity contribution in [1.82, 2.24) is 34.9 Å². The number of anilines is 2. The molecular weight excluding hydrogens is 761 g/mol. The van der Waals surface area contributed by atoms with Crippen molar-refractivity contribution in [3.05, 3.63) is 82.9 Å². The van der Waals surface area contributed by atoms with Gasteiger partial charge in [0, 0.05) is 60.7 Å². The van der Waals surface area contributed by atoms with Gasteiger partial charge in [0.15, 0.2) is 10.1 Å². The van der Waals surface area contributed by atoms with E-state index in [0.29, 0.717) is 54.4 Å². The normalized spacial score (nSPS) is 12.4. The number of thioether (sulfide) groups is 1. The minimum Gasteiger partial charge on any atom is -0.496 e. The van der Waals surface area contributed by atoms with Crippen molar-refractivity contribution in [3.63, 3.8) is 0 Å². The smallest absolute Gasteiger partial charge is 0.275 e. The zero-order valence-electron chi connectivity index (χ0n) is 30.8. The number of carbonyl (C=O) groups excluding carboxylic acids is 5. The van der Waals surface area contributed by atoms with Gasteiger partial charge >= 0.3 is 0 Å². The molecule has 2 aromatic carbocycles. The van der Waals surface area contributed by atoms with Gasteiger partial charge in [-0.15, -0.1) is 11.3 Å². The van der Waals surface area contributed by atoms with Gasteiger partial charge in [-0.1, -0.05) is 11.8 Å². The van der Waals surface area contributed by atoms with Gasteiger partial charge in [-0.3, -0.25) is 28.4 Å². The zero-order valence-corrected chi connectivity index (χ0v) is 32.4. The molecule has 5 amide bonds. The number of imidazole rings is 2. The van der Waals surface area contributed by atoms with Crippen LogP contribution in [-0.2, 0) is 11.3 Å². The van der Waals surface area contributed by atoms with Crippen molar-refractivity contribution in [3.8, 4) is 11.5 Å². The van der Waals surface area contributed by atoms with Crippen molar-refractivity contribution in [2.45, 2.75) is 43.4 Å². The number of thiazole rings is 1. The fourth-order valence-corrected chi connectivity index (χ4v) is 7.53. The molecule has 56 heavy (non-hydrogen) atoms. The molecule has 0 unspecified atom stereocenters. The minimum atomic E-state index is -0.921. The molecule has 4 heterocycles. The average Bonchev–Trinajstić information content (AvgIpc) is 4.00. The Balaban J connectivity index is 1.05. The third-order valence-electron chi connectivity index (χ3n) is 8.77. The Morgan fingerprint density at radius 2 is 1.48 bits per heavy atom. The lowest BCUT2D eigenvalue weighted by Crippen LogP contribution is -2.47. The summed E-state index contributed by atoms with van der Waals surface area (Å²) in [5.74, 6) is -0.733. The largest absolute Gasteiger partial charge is 0.496 e. The van der Waals surface area contributed by atoms with Gasteiger partial charge in [0.25, 0.3) is 23.6 Å². The van der Waals surface area contributed by atoms with Crippen LogP contribution in [0.15, 0.2) is 65.5 Å². The lowest BCUT2D eigenvalue weighted by Gasteiger charge is -2.20. The van der Waals surface area contributed by atoms with Gasteiger partial charge < -0.3 is 46.4 Å². The van der Waals surface area contributed by atoms with Gasteiger partial charge in [0.1, 0.15) is 28.9 Å². The summed E-state index contributed by atoms with van der Waals surface area (Å²) in [6.45, 7) is 1.76. The molecule has 0 spiro atoms. The highest BCUT2D eigenvalue weighted by Gasteiger charge is 2.25. The van der Waals surface area contributed by atoms with Gasteiger partial charge in [-0.2, -0.15) is 0 Å². The van der Waals surface area contributed by atoms with E-state index < -0.39 is 29.7 Å². The first-order chi connectivity index (χ1) is 27.2. The number of methoxy groups -OCH3 is 2. The van der Waals surface area contributed by atoms with Crippen LogP contribution in [0.25, 0.3) is 4.96 Å². The van der Waals surface area contributed by atoms with E-state index in [2.05, 4.69) is 36.6 Å². The number of aryl methyl sites for hydroxylation is 1. The molecule has 7 N–H and O–H groups in total. The number of rotatable bonds is 18. The summed E-state index contributed by atoms with van der Waals surface area (Å²) in [6, 6.07) is 8.49. The van der Waals surface area contributed by atoms with E-state index in [0.717, 1.165) is 17.5 Å². The third kappa shape index (κ3) is 9.65. The van der Waals surface area contributed by atoms with E-state index in [1.54, 1.807) is 52.8 Å². The van der Waals surface area contributed by atoms with Crippen LogP contribution in [-0.4, -0.2) is 94.1 Å². The average molecular weight is 803 g/mol. The summed E-state index contributed by atoms with van der Waals surface area (Å²) in [5, 5.41) is 16.7. The number of fused-ring (bicyclic) bond motifs is 2. The molecular formula is C37H42N10O7S2. The number of unbranched alkanes of at least 4 members (excludes halogenated alkanes) is 1. The molecule has 5 aromatic rings. The molecule has 0 fully saturated rings. The van der Waals surface area contributed by atoms with Gasteiger partial charge in [0.2, 0.25) is 5.91 Å². The number of hydrogen-bond acceptors (Lipinski definition) is 12. The maximum Gasteiger partial charge on any atom is 0.275 e. The summed E-state index contributed by atoms with van der Waals surface area (Å²) in [5.41, 5.74) is 7.20. The number of benzene rings is 2. The van der Waals surface area contributed by atoms with Crippen LogP contribution in [0.5, 0.6) is 11.5 Å². The van der Waals surface area contributed by atoms with Crippen LogP contribution in [0.3, 0.4) is 0 Å². The number of nitrogens with two attached hydrogens (primary N) is 1. The van der Waals surface area contributed by atoms with Crippen LogP contribution >= 0.6 is 23.1 Å².